The number of nitrogens with zero attached hydrogens (tertiary/aromatic N) is 2. The summed E-state index contributed by atoms with van der Waals surface area (Å²) in [5.74, 6) is -0.125. The predicted octanol–water partition coefficient (Wildman–Crippen LogP) is 6.10. The van der Waals surface area contributed by atoms with E-state index in [1.165, 1.54) is 21.9 Å². The van der Waals surface area contributed by atoms with Gasteiger partial charge >= 0.3 is 0 Å². The summed E-state index contributed by atoms with van der Waals surface area (Å²) >= 11 is 0. The van der Waals surface area contributed by atoms with Crippen LogP contribution in [0.3, 0.4) is 0 Å². The Balaban J connectivity index is 1.35. The number of hydrazone groups is 1. The van der Waals surface area contributed by atoms with Gasteiger partial charge in [0, 0.05) is 29.2 Å². The van der Waals surface area contributed by atoms with E-state index < -0.39 is 0 Å². The molecule has 1 N–H and O–H groups in total. The van der Waals surface area contributed by atoms with Gasteiger partial charge in [-0.1, -0.05) is 91.9 Å². The molecule has 0 unspecified atom stereocenters. The van der Waals surface area contributed by atoms with Crippen LogP contribution in [-0.4, -0.2) is 16.7 Å². The van der Waals surface area contributed by atoms with Crippen molar-refractivity contribution in [3.8, 4) is 0 Å². The maximum Gasteiger partial charge on any atom is 0.244 e. The molecule has 0 saturated heterocycles. The molecule has 5 aromatic rings. The van der Waals surface area contributed by atoms with Crippen molar-refractivity contribution in [2.75, 3.05) is 0 Å². The molecule has 1 heterocycles. The number of para-hydroxylation sites is 1. The molecule has 34 heavy (non-hydrogen) atoms. The molecule has 4 nitrogen and oxygen atoms in total. The Morgan fingerprint density at radius 3 is 2.38 bits per heavy atom. The van der Waals surface area contributed by atoms with Crippen LogP contribution in [0.1, 0.15) is 29.2 Å². The van der Waals surface area contributed by atoms with Gasteiger partial charge in [0.1, 0.15) is 0 Å². The van der Waals surface area contributed by atoms with E-state index in [2.05, 4.69) is 101 Å². The maximum atomic E-state index is 12.4. The average Bonchev–Trinajstić information content (AvgIpc) is 3.22. The first-order valence-electron chi connectivity index (χ1n) is 11.7. The molecule has 1 amide bonds. The smallest absolute Gasteiger partial charge is 0.244 e. The second kappa shape index (κ2) is 9.75. The van der Waals surface area contributed by atoms with Gasteiger partial charge in [-0.25, -0.2) is 5.43 Å². The second-order valence-electron chi connectivity index (χ2n) is 8.51. The summed E-state index contributed by atoms with van der Waals surface area (Å²) in [6.07, 6.45) is 5.14. The van der Waals surface area contributed by atoms with Gasteiger partial charge < -0.3 is 4.57 Å². The van der Waals surface area contributed by atoms with E-state index in [4.69, 9.17) is 0 Å². The summed E-state index contributed by atoms with van der Waals surface area (Å²) in [6.45, 7) is 2.88. The number of carbonyl (C=O) groups is 1. The van der Waals surface area contributed by atoms with Gasteiger partial charge in [-0.2, -0.15) is 5.10 Å². The number of benzene rings is 4. The van der Waals surface area contributed by atoms with Crippen LogP contribution >= 0.6 is 0 Å². The molecule has 168 valence electrons. The number of carbonyl (C=O) groups excluding carboxylic acids is 1. The molecular weight excluding hydrogens is 418 g/mol. The first kappa shape index (κ1) is 21.7. The molecule has 0 atom stereocenters. The quantitative estimate of drug-likeness (QED) is 0.239. The van der Waals surface area contributed by atoms with Gasteiger partial charge in [0.05, 0.1) is 12.6 Å². The Hall–Kier alpha value is -4.18. The van der Waals surface area contributed by atoms with Gasteiger partial charge in [-0.05, 0) is 39.9 Å². The summed E-state index contributed by atoms with van der Waals surface area (Å²) in [4.78, 5) is 12.4. The molecule has 1 aromatic heterocycles. The number of hydrogen-bond donors (Lipinski definition) is 1. The monoisotopic (exact) mass is 445 g/mol. The highest BCUT2D eigenvalue weighted by Gasteiger charge is 2.09. The summed E-state index contributed by atoms with van der Waals surface area (Å²) in [7, 11) is 0. The number of nitrogens with one attached hydrogen (secondary N) is 1. The van der Waals surface area contributed by atoms with Crippen LogP contribution in [0.2, 0.25) is 0 Å². The van der Waals surface area contributed by atoms with Gasteiger partial charge in [0.2, 0.25) is 5.91 Å². The van der Waals surface area contributed by atoms with Gasteiger partial charge in [-0.3, -0.25) is 4.79 Å². The molecule has 0 aliphatic carbocycles. The molecule has 0 bridgehead atoms. The normalized spacial score (nSPS) is 11.4. The molecule has 0 fully saturated rings. The van der Waals surface area contributed by atoms with Crippen molar-refractivity contribution in [3.63, 3.8) is 0 Å². The second-order valence-corrected chi connectivity index (χ2v) is 8.51. The molecule has 0 aliphatic heterocycles. The van der Waals surface area contributed by atoms with Crippen molar-refractivity contribution in [1.29, 1.82) is 0 Å². The lowest BCUT2D eigenvalue weighted by Crippen LogP contribution is -2.19. The number of aromatic nitrogens is 1. The van der Waals surface area contributed by atoms with Gasteiger partial charge in [-0.15, -0.1) is 0 Å². The molecule has 0 radical (unpaired) electrons. The highest BCUT2D eigenvalue weighted by molar-refractivity contribution is 6.00. The number of fused-ring (bicyclic) bond motifs is 2. The van der Waals surface area contributed by atoms with Crippen molar-refractivity contribution < 1.29 is 4.79 Å². The van der Waals surface area contributed by atoms with Crippen molar-refractivity contribution in [2.24, 2.45) is 5.10 Å². The fourth-order valence-corrected chi connectivity index (χ4v) is 4.41. The Morgan fingerprint density at radius 2 is 1.56 bits per heavy atom. The largest absolute Gasteiger partial charge is 0.342 e. The van der Waals surface area contributed by atoms with Crippen LogP contribution in [-0.2, 0) is 24.2 Å². The lowest BCUT2D eigenvalue weighted by molar-refractivity contribution is -0.120. The van der Waals surface area contributed by atoms with Crippen LogP contribution in [0, 0.1) is 0 Å². The van der Waals surface area contributed by atoms with Crippen LogP contribution < -0.4 is 5.43 Å². The SMILES string of the molecule is CCc1ccc(CC(=O)N/N=C\c2cn(Cc3cccc4ccccc34)c3ccccc23)cc1. The Bertz CT molecular complexity index is 1470. The Kier molecular flexibility index (Phi) is 6.21. The van der Waals surface area contributed by atoms with Crippen LogP contribution in [0.5, 0.6) is 0 Å². The Morgan fingerprint density at radius 1 is 0.853 bits per heavy atom. The molecule has 0 aliphatic rings. The zero-order valence-electron chi connectivity index (χ0n) is 19.2. The molecule has 4 aromatic carbocycles. The molecule has 0 spiro atoms. The molecule has 4 heteroatoms. The van der Waals surface area contributed by atoms with Crippen molar-refractivity contribution in [3.05, 3.63) is 119 Å². The third-order valence-corrected chi connectivity index (χ3v) is 6.23. The maximum absolute atomic E-state index is 12.4. The van der Waals surface area contributed by atoms with E-state index in [-0.39, 0.29) is 5.91 Å². The molecule has 0 saturated carbocycles. The minimum atomic E-state index is -0.125. The van der Waals surface area contributed by atoms with E-state index in [0.717, 1.165) is 35.0 Å². The highest BCUT2D eigenvalue weighted by atomic mass is 16.2. The zero-order valence-corrected chi connectivity index (χ0v) is 19.2. The fourth-order valence-electron chi connectivity index (χ4n) is 4.41. The number of amides is 1. The summed E-state index contributed by atoms with van der Waals surface area (Å²) in [6, 6.07) is 31.3. The number of hydrogen-bond acceptors (Lipinski definition) is 2. The van der Waals surface area contributed by atoms with Gasteiger partial charge in [0.15, 0.2) is 0 Å². The molecular formula is C30H27N3O. The van der Waals surface area contributed by atoms with E-state index in [1.807, 2.05) is 18.2 Å². The first-order chi connectivity index (χ1) is 16.7. The first-order valence-corrected chi connectivity index (χ1v) is 11.7. The number of aryl methyl sites for hydroxylation is 1. The highest BCUT2D eigenvalue weighted by Crippen LogP contribution is 2.24. The van der Waals surface area contributed by atoms with E-state index in [1.54, 1.807) is 6.21 Å². The lowest BCUT2D eigenvalue weighted by atomic mass is 10.0. The Labute approximate surface area is 199 Å². The van der Waals surface area contributed by atoms with Crippen molar-refractivity contribution >= 4 is 33.8 Å². The third kappa shape index (κ3) is 4.62. The topological polar surface area (TPSA) is 46.4 Å². The standard InChI is InChI=1S/C30H27N3O/c1-2-22-14-16-23(17-15-22)18-30(34)32-31-19-26-21-33(29-13-6-5-12-28(26)29)20-25-10-7-9-24-8-3-4-11-27(24)25/h3-17,19,21H,2,18,20H2,1H3,(H,32,34)/b31-19-. The van der Waals surface area contributed by atoms with E-state index >= 15 is 0 Å². The number of rotatable bonds is 7. The predicted molar refractivity (Wildman–Crippen MR) is 140 cm³/mol. The van der Waals surface area contributed by atoms with Crippen molar-refractivity contribution in [1.82, 2.24) is 9.99 Å². The van der Waals surface area contributed by atoms with E-state index in [9.17, 15) is 4.79 Å². The fraction of sp³-hybridized carbons (Fsp3) is 0.133. The van der Waals surface area contributed by atoms with E-state index in [0.29, 0.717) is 6.42 Å². The van der Waals surface area contributed by atoms with Gasteiger partial charge in [0.25, 0.3) is 0 Å². The minimum Gasteiger partial charge on any atom is -0.342 e. The summed E-state index contributed by atoms with van der Waals surface area (Å²) in [5, 5.41) is 7.86. The summed E-state index contributed by atoms with van der Waals surface area (Å²) in [5.41, 5.74) is 8.31. The van der Waals surface area contributed by atoms with Crippen LogP contribution in [0.15, 0.2) is 102 Å². The lowest BCUT2D eigenvalue weighted by Gasteiger charge is -2.09. The third-order valence-electron chi connectivity index (χ3n) is 6.23. The molecule has 5 rings (SSSR count). The van der Waals surface area contributed by atoms with Crippen LogP contribution in [0.25, 0.3) is 21.7 Å². The van der Waals surface area contributed by atoms with Crippen LogP contribution in [0.4, 0.5) is 0 Å². The minimum absolute atomic E-state index is 0.125. The zero-order chi connectivity index (χ0) is 23.3. The van der Waals surface area contributed by atoms with Crippen molar-refractivity contribution in [2.45, 2.75) is 26.3 Å². The summed E-state index contributed by atoms with van der Waals surface area (Å²) < 4.78 is 2.25. The average molecular weight is 446 g/mol.